The zero-order valence-electron chi connectivity index (χ0n) is 17.3. The molecule has 0 bridgehead atoms. The smallest absolute Gasteiger partial charge is 0.206 e. The predicted molar refractivity (Wildman–Crippen MR) is 116 cm³/mol. The number of aromatic hydroxyl groups is 1. The monoisotopic (exact) mass is 376 g/mol. The number of carbonyl (C=O) groups excluding carboxylic acids is 1. The molecule has 1 heterocycles. The molecule has 0 aliphatic heterocycles. The number of aromatic nitrogens is 1. The Morgan fingerprint density at radius 2 is 1.71 bits per heavy atom. The van der Waals surface area contributed by atoms with Gasteiger partial charge in [-0.25, -0.2) is 0 Å². The van der Waals surface area contributed by atoms with Gasteiger partial charge < -0.3 is 5.11 Å². The molecule has 0 fully saturated rings. The van der Waals surface area contributed by atoms with Crippen LogP contribution in [0.15, 0.2) is 41.4 Å². The Balaban J connectivity index is 2.21. The fourth-order valence-electron chi connectivity index (χ4n) is 3.73. The van der Waals surface area contributed by atoms with Crippen molar-refractivity contribution in [3.05, 3.63) is 58.7 Å². The molecule has 4 nitrogen and oxygen atoms in total. The second-order valence-electron chi connectivity index (χ2n) is 7.59. The van der Waals surface area contributed by atoms with E-state index in [1.54, 1.807) is 0 Å². The Labute approximate surface area is 166 Å². The van der Waals surface area contributed by atoms with Crippen molar-refractivity contribution in [2.24, 2.45) is 4.99 Å². The summed E-state index contributed by atoms with van der Waals surface area (Å²) in [5.41, 5.74) is 6.63. The van der Waals surface area contributed by atoms with Gasteiger partial charge in [-0.2, -0.15) is 0 Å². The minimum absolute atomic E-state index is 0.121. The molecule has 0 aliphatic carbocycles. The van der Waals surface area contributed by atoms with Gasteiger partial charge in [0.25, 0.3) is 0 Å². The molecule has 3 aromatic rings. The summed E-state index contributed by atoms with van der Waals surface area (Å²) in [5, 5.41) is 12.1. The van der Waals surface area contributed by atoms with Crippen LogP contribution in [-0.2, 0) is 4.79 Å². The number of hydrogen-bond acceptors (Lipinski definition) is 3. The average Bonchev–Trinajstić information content (AvgIpc) is 2.90. The highest BCUT2D eigenvalue weighted by atomic mass is 16.3. The minimum atomic E-state index is 0.121. The van der Waals surface area contributed by atoms with E-state index in [1.807, 2.05) is 37.5 Å². The van der Waals surface area contributed by atoms with E-state index in [9.17, 15) is 9.90 Å². The van der Waals surface area contributed by atoms with Crippen LogP contribution in [0.25, 0.3) is 16.6 Å². The molecular formula is C24H28N2O2. The van der Waals surface area contributed by atoms with E-state index in [2.05, 4.69) is 43.1 Å². The third-order valence-corrected chi connectivity index (χ3v) is 4.95. The van der Waals surface area contributed by atoms with Gasteiger partial charge in [0.15, 0.2) is 5.78 Å². The third kappa shape index (κ3) is 3.86. The molecule has 0 atom stereocenters. The van der Waals surface area contributed by atoms with Gasteiger partial charge in [0.1, 0.15) is 0 Å². The predicted octanol–water partition coefficient (Wildman–Crippen LogP) is 5.44. The zero-order valence-corrected chi connectivity index (χ0v) is 17.3. The van der Waals surface area contributed by atoms with Gasteiger partial charge in [0.05, 0.1) is 17.6 Å². The van der Waals surface area contributed by atoms with Gasteiger partial charge in [0.2, 0.25) is 5.88 Å². The van der Waals surface area contributed by atoms with Gasteiger partial charge in [0, 0.05) is 23.2 Å². The Hall–Kier alpha value is -2.88. The number of hydrogen-bond donors (Lipinski definition) is 1. The molecule has 0 spiro atoms. The molecule has 0 saturated heterocycles. The number of Topliss-reactive ketones (excluding diaryl/α,β-unsaturated/α-hetero) is 1. The van der Waals surface area contributed by atoms with Crippen LogP contribution in [0, 0.1) is 20.8 Å². The lowest BCUT2D eigenvalue weighted by Gasteiger charge is -2.10. The molecule has 2 aromatic carbocycles. The fraction of sp³-hybridized carbons (Fsp3) is 0.333. The fourth-order valence-corrected chi connectivity index (χ4v) is 3.73. The molecule has 146 valence electrons. The summed E-state index contributed by atoms with van der Waals surface area (Å²) in [6, 6.07) is 12.4. The maximum Gasteiger partial charge on any atom is 0.206 e. The van der Waals surface area contributed by atoms with E-state index in [1.165, 1.54) is 0 Å². The van der Waals surface area contributed by atoms with E-state index in [0.29, 0.717) is 17.7 Å². The first-order chi connectivity index (χ1) is 13.3. The first kappa shape index (κ1) is 19.9. The number of carbonyl (C=O) groups is 1. The van der Waals surface area contributed by atoms with Crippen LogP contribution in [0.1, 0.15) is 48.9 Å². The van der Waals surface area contributed by atoms with Crippen molar-refractivity contribution in [2.45, 2.75) is 47.5 Å². The molecular weight excluding hydrogens is 348 g/mol. The van der Waals surface area contributed by atoms with Crippen molar-refractivity contribution < 1.29 is 9.90 Å². The van der Waals surface area contributed by atoms with E-state index in [0.717, 1.165) is 39.7 Å². The molecule has 3 rings (SSSR count). The van der Waals surface area contributed by atoms with Crippen LogP contribution < -0.4 is 0 Å². The summed E-state index contributed by atoms with van der Waals surface area (Å²) in [7, 11) is 0. The lowest BCUT2D eigenvalue weighted by molar-refractivity contribution is -0.117. The molecule has 0 saturated carbocycles. The number of aliphatic imine (C=N–C) groups is 1. The van der Waals surface area contributed by atoms with E-state index in [-0.39, 0.29) is 18.2 Å². The van der Waals surface area contributed by atoms with Gasteiger partial charge >= 0.3 is 0 Å². The normalized spacial score (nSPS) is 12.0. The molecule has 28 heavy (non-hydrogen) atoms. The second-order valence-corrected chi connectivity index (χ2v) is 7.59. The quantitative estimate of drug-likeness (QED) is 0.582. The standard InChI is InChI=1S/C24H28N2O2/c1-6-7-20(27)14-25-18(5)23-21-9-8-15(2)13-22(21)26(24(23)28)19-11-16(3)10-17(4)12-19/h8-13,28H,6-7,14H2,1-5H3. The van der Waals surface area contributed by atoms with E-state index < -0.39 is 0 Å². The van der Waals surface area contributed by atoms with Gasteiger partial charge in [-0.3, -0.25) is 14.4 Å². The maximum atomic E-state index is 11.9. The van der Waals surface area contributed by atoms with E-state index in [4.69, 9.17) is 0 Å². The van der Waals surface area contributed by atoms with Gasteiger partial charge in [-0.1, -0.05) is 25.1 Å². The van der Waals surface area contributed by atoms with Crippen LogP contribution >= 0.6 is 0 Å². The molecule has 0 aliphatic rings. The molecule has 0 amide bonds. The summed E-state index contributed by atoms with van der Waals surface area (Å²) in [6.45, 7) is 10.1. The molecule has 0 radical (unpaired) electrons. The van der Waals surface area contributed by atoms with Crippen molar-refractivity contribution in [1.29, 1.82) is 0 Å². The first-order valence-corrected chi connectivity index (χ1v) is 9.77. The second kappa shape index (κ2) is 8.01. The SMILES string of the molecule is CCCC(=O)CN=C(C)c1c(O)n(-c2cc(C)cc(C)c2)c2cc(C)ccc12. The maximum absolute atomic E-state index is 11.9. The summed E-state index contributed by atoms with van der Waals surface area (Å²) in [4.78, 5) is 16.4. The van der Waals surface area contributed by atoms with Crippen LogP contribution in [0.2, 0.25) is 0 Å². The molecule has 0 unspecified atom stereocenters. The largest absolute Gasteiger partial charge is 0.494 e. The van der Waals surface area contributed by atoms with Crippen LogP contribution in [0.3, 0.4) is 0 Å². The lowest BCUT2D eigenvalue weighted by atomic mass is 10.1. The average molecular weight is 377 g/mol. The van der Waals surface area contributed by atoms with Crippen LogP contribution in [0.4, 0.5) is 0 Å². The number of nitrogens with zero attached hydrogens (tertiary/aromatic N) is 2. The zero-order chi connectivity index (χ0) is 20.4. The molecule has 1 aromatic heterocycles. The van der Waals surface area contributed by atoms with E-state index >= 15 is 0 Å². The van der Waals surface area contributed by atoms with Gasteiger partial charge in [-0.05, 0) is 69.0 Å². The summed E-state index contributed by atoms with van der Waals surface area (Å²) >= 11 is 0. The number of fused-ring (bicyclic) bond motifs is 1. The number of benzene rings is 2. The molecule has 4 heteroatoms. The van der Waals surface area contributed by atoms with Crippen molar-refractivity contribution in [3.8, 4) is 11.6 Å². The van der Waals surface area contributed by atoms with Crippen molar-refractivity contribution >= 4 is 22.4 Å². The number of aryl methyl sites for hydroxylation is 3. The molecule has 1 N–H and O–H groups in total. The summed E-state index contributed by atoms with van der Waals surface area (Å²) in [6.07, 6.45) is 1.36. The lowest BCUT2D eigenvalue weighted by Crippen LogP contribution is -2.05. The topological polar surface area (TPSA) is 54.6 Å². The van der Waals surface area contributed by atoms with Crippen LogP contribution in [0.5, 0.6) is 5.88 Å². The summed E-state index contributed by atoms with van der Waals surface area (Å²) < 4.78 is 1.88. The van der Waals surface area contributed by atoms with Crippen molar-refractivity contribution in [1.82, 2.24) is 4.57 Å². The van der Waals surface area contributed by atoms with Crippen molar-refractivity contribution in [2.75, 3.05) is 6.54 Å². The number of ketones is 1. The first-order valence-electron chi connectivity index (χ1n) is 9.77. The highest BCUT2D eigenvalue weighted by molar-refractivity contribution is 6.13. The Kier molecular flexibility index (Phi) is 5.68. The highest BCUT2D eigenvalue weighted by Crippen LogP contribution is 2.36. The Morgan fingerprint density at radius 3 is 2.36 bits per heavy atom. The third-order valence-electron chi connectivity index (χ3n) is 4.95. The van der Waals surface area contributed by atoms with Crippen molar-refractivity contribution in [3.63, 3.8) is 0 Å². The highest BCUT2D eigenvalue weighted by Gasteiger charge is 2.20. The van der Waals surface area contributed by atoms with Gasteiger partial charge in [-0.15, -0.1) is 0 Å². The Morgan fingerprint density at radius 1 is 1.04 bits per heavy atom. The minimum Gasteiger partial charge on any atom is -0.494 e. The van der Waals surface area contributed by atoms with Crippen LogP contribution in [-0.4, -0.2) is 27.7 Å². The summed E-state index contributed by atoms with van der Waals surface area (Å²) in [5.74, 6) is 0.282. The number of rotatable bonds is 6. The Bertz CT molecular complexity index is 1050.